The van der Waals surface area contributed by atoms with Crippen molar-refractivity contribution in [1.82, 2.24) is 19.9 Å². The van der Waals surface area contributed by atoms with Crippen molar-refractivity contribution in [3.05, 3.63) is 179 Å². The summed E-state index contributed by atoms with van der Waals surface area (Å²) < 4.78 is 15.9. The quantitative estimate of drug-likeness (QED) is 0.138. The Bertz CT molecular complexity index is 1770. The molecule has 4 nitrogen and oxygen atoms in total. The van der Waals surface area contributed by atoms with Gasteiger partial charge in [-0.15, -0.1) is 0 Å². The van der Waals surface area contributed by atoms with Gasteiger partial charge in [-0.05, 0) is 53.3 Å². The smallest absolute Gasteiger partial charge is 0.141 e. The summed E-state index contributed by atoms with van der Waals surface area (Å²) in [7, 11) is 2.01. The van der Waals surface area contributed by atoms with Crippen LogP contribution in [0.4, 0.5) is 4.39 Å². The molecule has 6 aromatic rings. The maximum Gasteiger partial charge on any atom is 0.141 e. The van der Waals surface area contributed by atoms with Crippen molar-refractivity contribution in [2.24, 2.45) is 5.41 Å². The van der Waals surface area contributed by atoms with Gasteiger partial charge >= 0.3 is 0 Å². The van der Waals surface area contributed by atoms with Gasteiger partial charge in [-0.2, -0.15) is 0 Å². The molecule has 0 amide bonds. The Morgan fingerprint density at radius 3 is 1.77 bits per heavy atom. The fourth-order valence-corrected chi connectivity index (χ4v) is 6.56. The average Bonchev–Trinajstić information content (AvgIpc) is 3.50. The Labute approximate surface area is 278 Å². The Morgan fingerprint density at radius 1 is 0.745 bits per heavy atom. The molecule has 0 saturated heterocycles. The van der Waals surface area contributed by atoms with Gasteiger partial charge in [0.2, 0.25) is 0 Å². The van der Waals surface area contributed by atoms with Crippen molar-refractivity contribution < 1.29 is 4.39 Å². The Kier molecular flexibility index (Phi) is 9.46. The molecule has 0 radical (unpaired) electrons. The van der Waals surface area contributed by atoms with E-state index in [0.29, 0.717) is 6.42 Å². The SMILES string of the molecule is CCC(C)(C)Cc1cn(C(c2ccccc2)(c2ccccc2)c2ccccc2)c(CC(NC)c2ccc(-c3ccc(F)cn3)cc2)n1. The molecule has 5 heteroatoms. The molecule has 0 spiro atoms. The van der Waals surface area contributed by atoms with Gasteiger partial charge < -0.3 is 9.88 Å². The van der Waals surface area contributed by atoms with E-state index in [1.807, 2.05) is 7.05 Å². The highest BCUT2D eigenvalue weighted by Gasteiger charge is 2.40. The molecular weight excluding hydrogens is 579 g/mol. The number of imidazole rings is 1. The van der Waals surface area contributed by atoms with E-state index in [1.165, 1.54) is 29.0 Å². The molecule has 0 saturated carbocycles. The van der Waals surface area contributed by atoms with Gasteiger partial charge in [0, 0.05) is 24.2 Å². The van der Waals surface area contributed by atoms with Crippen LogP contribution in [0, 0.1) is 11.2 Å². The van der Waals surface area contributed by atoms with Crippen molar-refractivity contribution in [3.63, 3.8) is 0 Å². The molecule has 6 rings (SSSR count). The molecule has 2 aromatic heterocycles. The molecule has 0 aliphatic rings. The number of pyridine rings is 1. The summed E-state index contributed by atoms with van der Waals surface area (Å²) in [4.78, 5) is 9.72. The summed E-state index contributed by atoms with van der Waals surface area (Å²) in [6.07, 6.45) is 6.17. The zero-order valence-corrected chi connectivity index (χ0v) is 27.7. The van der Waals surface area contributed by atoms with Crippen LogP contribution in [0.3, 0.4) is 0 Å². The number of hydrogen-bond acceptors (Lipinski definition) is 3. The lowest BCUT2D eigenvalue weighted by Crippen LogP contribution is -2.39. The minimum Gasteiger partial charge on any atom is -0.316 e. The first-order valence-corrected chi connectivity index (χ1v) is 16.5. The first-order valence-electron chi connectivity index (χ1n) is 16.5. The zero-order valence-electron chi connectivity index (χ0n) is 27.7. The van der Waals surface area contributed by atoms with Crippen LogP contribution in [0.2, 0.25) is 0 Å². The number of likely N-dealkylation sites (N-methyl/N-ethyl adjacent to an activating group) is 1. The highest BCUT2D eigenvalue weighted by Crippen LogP contribution is 2.43. The van der Waals surface area contributed by atoms with Gasteiger partial charge in [0.1, 0.15) is 17.2 Å². The van der Waals surface area contributed by atoms with E-state index < -0.39 is 5.54 Å². The standard InChI is InChI=1S/C42H43FN4/c1-5-41(2,3)28-37-30-47(40(46-37)27-39(44-4)32-23-21-31(22-24-32)38-26-25-36(43)29-45-38)42(33-15-9-6-10-16-33,34-17-11-7-12-18-34)35-19-13-8-14-20-35/h6-26,29-30,39,44H,5,27-28H2,1-4H3. The first-order chi connectivity index (χ1) is 22.8. The third-order valence-corrected chi connectivity index (χ3v) is 9.45. The van der Waals surface area contributed by atoms with Crippen molar-refractivity contribution in [2.45, 2.75) is 51.6 Å². The average molecular weight is 623 g/mol. The van der Waals surface area contributed by atoms with E-state index in [9.17, 15) is 4.39 Å². The van der Waals surface area contributed by atoms with Crippen molar-refractivity contribution in [3.8, 4) is 11.3 Å². The topological polar surface area (TPSA) is 42.7 Å². The number of nitrogens with zero attached hydrogens (tertiary/aromatic N) is 3. The summed E-state index contributed by atoms with van der Waals surface area (Å²) in [5, 5.41) is 3.58. The highest BCUT2D eigenvalue weighted by atomic mass is 19.1. The second kappa shape index (κ2) is 13.9. The van der Waals surface area contributed by atoms with Gasteiger partial charge in [0.05, 0.1) is 17.6 Å². The zero-order chi connectivity index (χ0) is 32.9. The largest absolute Gasteiger partial charge is 0.316 e. The van der Waals surface area contributed by atoms with E-state index in [0.717, 1.165) is 41.2 Å². The number of aromatic nitrogens is 3. The van der Waals surface area contributed by atoms with Crippen LogP contribution in [-0.2, 0) is 18.4 Å². The summed E-state index contributed by atoms with van der Waals surface area (Å²) in [5.74, 6) is 0.669. The summed E-state index contributed by atoms with van der Waals surface area (Å²) in [5.41, 5.74) is 6.91. The Hall–Kier alpha value is -4.87. The lowest BCUT2D eigenvalue weighted by molar-refractivity contribution is 0.345. The van der Waals surface area contributed by atoms with Gasteiger partial charge in [0.15, 0.2) is 0 Å². The lowest BCUT2D eigenvalue weighted by atomic mass is 9.76. The molecular formula is C42H43FN4. The van der Waals surface area contributed by atoms with Crippen molar-refractivity contribution in [2.75, 3.05) is 7.05 Å². The molecule has 1 N–H and O–H groups in total. The number of nitrogens with one attached hydrogen (secondary N) is 1. The molecule has 47 heavy (non-hydrogen) atoms. The molecule has 238 valence electrons. The predicted octanol–water partition coefficient (Wildman–Crippen LogP) is 9.41. The molecule has 4 aromatic carbocycles. The van der Waals surface area contributed by atoms with E-state index in [2.05, 4.69) is 157 Å². The molecule has 0 fully saturated rings. The van der Waals surface area contributed by atoms with E-state index >= 15 is 0 Å². The van der Waals surface area contributed by atoms with Crippen LogP contribution in [0.1, 0.15) is 67.0 Å². The van der Waals surface area contributed by atoms with Gasteiger partial charge in [0.25, 0.3) is 0 Å². The number of hydrogen-bond donors (Lipinski definition) is 1. The summed E-state index contributed by atoms with van der Waals surface area (Å²) in [6.45, 7) is 6.89. The lowest BCUT2D eigenvalue weighted by Gasteiger charge is -2.39. The van der Waals surface area contributed by atoms with Crippen LogP contribution in [-0.4, -0.2) is 21.6 Å². The normalized spacial score (nSPS) is 12.6. The van der Waals surface area contributed by atoms with Crippen LogP contribution in [0.15, 0.2) is 140 Å². The monoisotopic (exact) mass is 622 g/mol. The third-order valence-electron chi connectivity index (χ3n) is 9.45. The summed E-state index contributed by atoms with van der Waals surface area (Å²) in [6, 6.07) is 43.9. The van der Waals surface area contributed by atoms with Crippen LogP contribution >= 0.6 is 0 Å². The minimum atomic E-state index is -0.656. The van der Waals surface area contributed by atoms with Gasteiger partial charge in [-0.1, -0.05) is 142 Å². The number of benzene rings is 4. The maximum absolute atomic E-state index is 13.5. The first kappa shape index (κ1) is 32.1. The fraction of sp³-hybridized carbons (Fsp3) is 0.238. The molecule has 2 heterocycles. The highest BCUT2D eigenvalue weighted by molar-refractivity contribution is 5.59. The fourth-order valence-electron chi connectivity index (χ4n) is 6.56. The van der Waals surface area contributed by atoms with Crippen molar-refractivity contribution >= 4 is 0 Å². The molecule has 0 aliphatic carbocycles. The van der Waals surface area contributed by atoms with Crippen LogP contribution in [0.5, 0.6) is 0 Å². The summed E-state index contributed by atoms with van der Waals surface area (Å²) >= 11 is 0. The molecule has 0 bridgehead atoms. The second-order valence-electron chi connectivity index (χ2n) is 13.1. The van der Waals surface area contributed by atoms with Crippen molar-refractivity contribution in [1.29, 1.82) is 0 Å². The number of halogens is 1. The molecule has 1 unspecified atom stereocenters. The van der Waals surface area contributed by atoms with E-state index in [1.54, 1.807) is 6.07 Å². The van der Waals surface area contributed by atoms with Crippen LogP contribution in [0.25, 0.3) is 11.3 Å². The van der Waals surface area contributed by atoms with E-state index in [4.69, 9.17) is 4.98 Å². The third kappa shape index (κ3) is 6.68. The second-order valence-corrected chi connectivity index (χ2v) is 13.1. The van der Waals surface area contributed by atoms with Gasteiger partial charge in [-0.3, -0.25) is 4.98 Å². The van der Waals surface area contributed by atoms with Crippen LogP contribution < -0.4 is 5.32 Å². The Balaban J connectivity index is 1.52. The Morgan fingerprint density at radius 2 is 1.30 bits per heavy atom. The molecule has 0 aliphatic heterocycles. The minimum absolute atomic E-state index is 0.00145. The van der Waals surface area contributed by atoms with Gasteiger partial charge in [-0.25, -0.2) is 9.37 Å². The number of rotatable bonds is 12. The molecule has 1 atom stereocenters. The maximum atomic E-state index is 13.5. The van der Waals surface area contributed by atoms with E-state index in [-0.39, 0.29) is 17.3 Å². The predicted molar refractivity (Wildman–Crippen MR) is 190 cm³/mol.